The van der Waals surface area contributed by atoms with Crippen molar-refractivity contribution in [2.75, 3.05) is 19.6 Å². The van der Waals surface area contributed by atoms with Gasteiger partial charge in [-0.3, -0.25) is 4.90 Å². The molecule has 0 bridgehead atoms. The molecular formula is C15H15N3. The Kier molecular flexibility index (Phi) is 6.76. The van der Waals surface area contributed by atoms with E-state index in [1.165, 1.54) is 0 Å². The van der Waals surface area contributed by atoms with Gasteiger partial charge in [0.2, 0.25) is 0 Å². The molecule has 0 saturated carbocycles. The van der Waals surface area contributed by atoms with Gasteiger partial charge in [-0.25, -0.2) is 0 Å². The largest absolute Gasteiger partial charge is 0.290 e. The van der Waals surface area contributed by atoms with Crippen molar-refractivity contribution in [3.63, 3.8) is 0 Å². The maximum Gasteiger partial charge on any atom is 0.0635 e. The highest BCUT2D eigenvalue weighted by Crippen LogP contribution is 1.96. The lowest BCUT2D eigenvalue weighted by Crippen LogP contribution is -2.26. The Hall–Kier alpha value is -2.28. The lowest BCUT2D eigenvalue weighted by atomic mass is 10.2. The SMILES string of the molecule is N#CCCN(CC#Cc1ccccc1)CCC#N. The van der Waals surface area contributed by atoms with E-state index in [9.17, 15) is 0 Å². The minimum Gasteiger partial charge on any atom is -0.290 e. The van der Waals surface area contributed by atoms with Gasteiger partial charge in [-0.2, -0.15) is 10.5 Å². The van der Waals surface area contributed by atoms with Crippen LogP contribution in [-0.4, -0.2) is 24.5 Å². The fraction of sp³-hybridized carbons (Fsp3) is 0.333. The normalized spacial score (nSPS) is 9.06. The zero-order valence-electron chi connectivity index (χ0n) is 10.3. The first-order valence-corrected chi connectivity index (χ1v) is 5.87. The molecule has 18 heavy (non-hydrogen) atoms. The average molecular weight is 237 g/mol. The van der Waals surface area contributed by atoms with Gasteiger partial charge in [-0.1, -0.05) is 30.0 Å². The van der Waals surface area contributed by atoms with Gasteiger partial charge >= 0.3 is 0 Å². The molecule has 1 rings (SSSR count). The molecule has 0 spiro atoms. The average Bonchev–Trinajstić information content (AvgIpc) is 2.42. The van der Waals surface area contributed by atoms with Crippen LogP contribution < -0.4 is 0 Å². The Morgan fingerprint density at radius 2 is 1.56 bits per heavy atom. The summed E-state index contributed by atoms with van der Waals surface area (Å²) in [5.41, 5.74) is 0.984. The number of rotatable bonds is 5. The predicted octanol–water partition coefficient (Wildman–Crippen LogP) is 2.17. The van der Waals surface area contributed by atoms with Gasteiger partial charge in [0.25, 0.3) is 0 Å². The third-order valence-electron chi connectivity index (χ3n) is 2.39. The quantitative estimate of drug-likeness (QED) is 0.737. The highest BCUT2D eigenvalue weighted by Gasteiger charge is 2.01. The van der Waals surface area contributed by atoms with Crippen molar-refractivity contribution in [1.29, 1.82) is 10.5 Å². The molecule has 0 fully saturated rings. The van der Waals surface area contributed by atoms with Crippen LogP contribution in [0.2, 0.25) is 0 Å². The summed E-state index contributed by atoms with van der Waals surface area (Å²) in [7, 11) is 0. The first-order valence-electron chi connectivity index (χ1n) is 5.87. The fourth-order valence-electron chi connectivity index (χ4n) is 1.46. The molecule has 0 aliphatic carbocycles. The van der Waals surface area contributed by atoms with Crippen LogP contribution in [0.3, 0.4) is 0 Å². The van der Waals surface area contributed by atoms with Gasteiger partial charge < -0.3 is 0 Å². The van der Waals surface area contributed by atoms with E-state index in [4.69, 9.17) is 10.5 Å². The Morgan fingerprint density at radius 1 is 0.944 bits per heavy atom. The monoisotopic (exact) mass is 237 g/mol. The van der Waals surface area contributed by atoms with Gasteiger partial charge in [-0.15, -0.1) is 0 Å². The van der Waals surface area contributed by atoms with E-state index in [-0.39, 0.29) is 0 Å². The van der Waals surface area contributed by atoms with Crippen LogP contribution in [-0.2, 0) is 0 Å². The summed E-state index contributed by atoms with van der Waals surface area (Å²) < 4.78 is 0. The van der Waals surface area contributed by atoms with E-state index in [1.54, 1.807) is 0 Å². The van der Waals surface area contributed by atoms with E-state index in [1.807, 2.05) is 35.2 Å². The molecule has 0 amide bonds. The van der Waals surface area contributed by atoms with Gasteiger partial charge in [0.1, 0.15) is 0 Å². The van der Waals surface area contributed by atoms with Gasteiger partial charge in [0, 0.05) is 31.5 Å². The molecule has 0 heterocycles. The smallest absolute Gasteiger partial charge is 0.0635 e. The zero-order valence-corrected chi connectivity index (χ0v) is 10.3. The van der Waals surface area contributed by atoms with Crippen molar-refractivity contribution < 1.29 is 0 Å². The van der Waals surface area contributed by atoms with Crippen molar-refractivity contribution in [2.24, 2.45) is 0 Å². The van der Waals surface area contributed by atoms with Crippen molar-refractivity contribution >= 4 is 0 Å². The van der Waals surface area contributed by atoms with Crippen molar-refractivity contribution in [3.05, 3.63) is 35.9 Å². The Morgan fingerprint density at radius 3 is 2.11 bits per heavy atom. The molecule has 1 aromatic carbocycles. The van der Waals surface area contributed by atoms with Gasteiger partial charge in [-0.05, 0) is 12.1 Å². The number of benzene rings is 1. The molecule has 0 aliphatic rings. The van der Waals surface area contributed by atoms with E-state index in [0.29, 0.717) is 32.5 Å². The minimum atomic E-state index is 0.471. The summed E-state index contributed by atoms with van der Waals surface area (Å²) in [5, 5.41) is 17.1. The standard InChI is InChI=1S/C15H15N3/c16-10-5-13-18(14-6-11-17)12-4-9-15-7-2-1-3-8-15/h1-3,7-8H,5-6,12-14H2. The molecule has 3 nitrogen and oxygen atoms in total. The first-order chi connectivity index (χ1) is 8.86. The topological polar surface area (TPSA) is 50.8 Å². The number of hydrogen-bond donors (Lipinski definition) is 0. The summed E-state index contributed by atoms with van der Waals surface area (Å²) in [6.45, 7) is 1.93. The molecule has 1 aromatic rings. The molecule has 0 saturated heterocycles. The number of nitrogens with zero attached hydrogens (tertiary/aromatic N) is 3. The van der Waals surface area contributed by atoms with Crippen LogP contribution in [0.4, 0.5) is 0 Å². The van der Waals surface area contributed by atoms with E-state index < -0.39 is 0 Å². The van der Waals surface area contributed by atoms with Crippen LogP contribution >= 0.6 is 0 Å². The third-order valence-corrected chi connectivity index (χ3v) is 2.39. The number of nitriles is 2. The summed E-state index contributed by atoms with van der Waals surface area (Å²) in [4.78, 5) is 2.03. The Bertz CT molecular complexity index is 464. The fourth-order valence-corrected chi connectivity index (χ4v) is 1.46. The van der Waals surface area contributed by atoms with E-state index >= 15 is 0 Å². The van der Waals surface area contributed by atoms with E-state index in [0.717, 1.165) is 5.56 Å². The second-order valence-corrected chi connectivity index (χ2v) is 3.76. The van der Waals surface area contributed by atoms with E-state index in [2.05, 4.69) is 24.0 Å². The molecule has 0 atom stereocenters. The summed E-state index contributed by atoms with van der Waals surface area (Å²) in [5.74, 6) is 6.15. The summed E-state index contributed by atoms with van der Waals surface area (Å²) in [6, 6.07) is 14.0. The molecule has 0 aromatic heterocycles. The molecule has 0 radical (unpaired) electrons. The molecular weight excluding hydrogens is 222 g/mol. The maximum atomic E-state index is 8.57. The lowest BCUT2D eigenvalue weighted by molar-refractivity contribution is 0.322. The summed E-state index contributed by atoms with van der Waals surface area (Å²) >= 11 is 0. The van der Waals surface area contributed by atoms with Crippen LogP contribution in [0.1, 0.15) is 18.4 Å². The Balaban J connectivity index is 2.49. The van der Waals surface area contributed by atoms with Crippen molar-refractivity contribution in [1.82, 2.24) is 4.90 Å². The van der Waals surface area contributed by atoms with Crippen LogP contribution in [0, 0.1) is 34.5 Å². The molecule has 0 unspecified atom stereocenters. The second kappa shape index (κ2) is 8.82. The van der Waals surface area contributed by atoms with Crippen molar-refractivity contribution in [3.8, 4) is 24.0 Å². The highest BCUT2D eigenvalue weighted by atomic mass is 15.1. The third kappa shape index (κ3) is 5.71. The van der Waals surface area contributed by atoms with Crippen LogP contribution in [0.25, 0.3) is 0 Å². The molecule has 0 N–H and O–H groups in total. The van der Waals surface area contributed by atoms with Crippen LogP contribution in [0.15, 0.2) is 30.3 Å². The Labute approximate surface area is 108 Å². The zero-order chi connectivity index (χ0) is 13.1. The van der Waals surface area contributed by atoms with Gasteiger partial charge in [0.15, 0.2) is 0 Å². The van der Waals surface area contributed by atoms with Crippen molar-refractivity contribution in [2.45, 2.75) is 12.8 Å². The molecule has 0 aliphatic heterocycles. The molecule has 90 valence electrons. The first kappa shape index (κ1) is 13.8. The highest BCUT2D eigenvalue weighted by molar-refractivity contribution is 5.33. The summed E-state index contributed by atoms with van der Waals surface area (Å²) in [6.07, 6.45) is 0.941. The maximum absolute atomic E-state index is 8.57. The van der Waals surface area contributed by atoms with Crippen LogP contribution in [0.5, 0.6) is 0 Å². The predicted molar refractivity (Wildman–Crippen MR) is 70.2 cm³/mol. The minimum absolute atomic E-state index is 0.471. The second-order valence-electron chi connectivity index (χ2n) is 3.76. The number of hydrogen-bond acceptors (Lipinski definition) is 3. The molecule has 3 heteroatoms. The van der Waals surface area contributed by atoms with Gasteiger partial charge in [0.05, 0.1) is 18.7 Å². The lowest BCUT2D eigenvalue weighted by Gasteiger charge is -2.15.